The standard InChI is InChI=1S/C35H41FN2O10S/c1-22(2)18-38(49(41,42)27-10-11-31-32(16-27)47-21-46-31)29(30(39)17-37-35(40)48-33-20-45-34-28(33)12-13-43-34)15-23-6-8-26(9-7-23)44-19-24-4-3-5-25(36)14-24/h3-11,14,16,22,28-30,33-34,39H,12-13,15,17-21H2,1-2H3,(H,37,40)/t28-,29?,30+,33-,34+/m0/s1. The van der Waals surface area contributed by atoms with Crippen LogP contribution < -0.4 is 19.5 Å². The van der Waals surface area contributed by atoms with Gasteiger partial charge in [-0.15, -0.1) is 0 Å². The van der Waals surface area contributed by atoms with Crippen molar-refractivity contribution in [3.8, 4) is 17.2 Å². The van der Waals surface area contributed by atoms with Crippen LogP contribution in [0.25, 0.3) is 0 Å². The third-order valence-corrected chi connectivity index (χ3v) is 10.6. The van der Waals surface area contributed by atoms with Gasteiger partial charge in [-0.2, -0.15) is 4.31 Å². The average Bonchev–Trinajstić information content (AvgIpc) is 3.83. The molecule has 14 heteroatoms. The molecule has 2 saturated heterocycles. The second kappa shape index (κ2) is 15.3. The van der Waals surface area contributed by atoms with Crippen molar-refractivity contribution in [1.29, 1.82) is 0 Å². The monoisotopic (exact) mass is 700 g/mol. The van der Waals surface area contributed by atoms with Crippen LogP contribution in [0.3, 0.4) is 0 Å². The average molecular weight is 701 g/mol. The molecule has 3 aromatic carbocycles. The van der Waals surface area contributed by atoms with E-state index in [0.29, 0.717) is 35.8 Å². The van der Waals surface area contributed by atoms with Crippen molar-refractivity contribution in [3.63, 3.8) is 0 Å². The molecule has 0 saturated carbocycles. The highest BCUT2D eigenvalue weighted by Gasteiger charge is 2.44. The van der Waals surface area contributed by atoms with Crippen LogP contribution in [0.15, 0.2) is 71.6 Å². The minimum atomic E-state index is -4.19. The summed E-state index contributed by atoms with van der Waals surface area (Å²) in [5.41, 5.74) is 1.39. The van der Waals surface area contributed by atoms with E-state index in [0.717, 1.165) is 5.56 Å². The molecule has 6 rings (SSSR count). The maximum Gasteiger partial charge on any atom is 0.407 e. The highest BCUT2D eigenvalue weighted by atomic mass is 32.2. The second-order valence-corrected chi connectivity index (χ2v) is 14.6. The van der Waals surface area contributed by atoms with E-state index >= 15 is 0 Å². The number of carbonyl (C=O) groups is 1. The van der Waals surface area contributed by atoms with Gasteiger partial charge in [-0.3, -0.25) is 0 Å². The van der Waals surface area contributed by atoms with Gasteiger partial charge in [0, 0.05) is 19.2 Å². The highest BCUT2D eigenvalue weighted by Crippen LogP contribution is 2.36. The lowest BCUT2D eigenvalue weighted by atomic mass is 10.00. The third-order valence-electron chi connectivity index (χ3n) is 8.67. The highest BCUT2D eigenvalue weighted by molar-refractivity contribution is 7.89. The third kappa shape index (κ3) is 8.44. The van der Waals surface area contributed by atoms with Crippen LogP contribution in [0.4, 0.5) is 9.18 Å². The summed E-state index contributed by atoms with van der Waals surface area (Å²) in [6.07, 6.45) is -2.13. The molecule has 3 aliphatic heterocycles. The topological polar surface area (TPSA) is 142 Å². The van der Waals surface area contributed by atoms with Gasteiger partial charge in [-0.1, -0.05) is 38.1 Å². The number of nitrogens with zero attached hydrogens (tertiary/aromatic N) is 1. The largest absolute Gasteiger partial charge is 0.489 e. The van der Waals surface area contributed by atoms with Gasteiger partial charge in [0.15, 0.2) is 17.8 Å². The molecule has 3 aliphatic rings. The van der Waals surface area contributed by atoms with E-state index in [1.807, 2.05) is 13.8 Å². The van der Waals surface area contributed by atoms with Crippen molar-refractivity contribution in [2.45, 2.75) is 62.7 Å². The Hall–Kier alpha value is -3.95. The Bertz CT molecular complexity index is 1710. The first-order chi connectivity index (χ1) is 23.6. The fourth-order valence-electron chi connectivity index (χ4n) is 6.18. The number of ether oxygens (including phenoxy) is 6. The molecule has 264 valence electrons. The summed E-state index contributed by atoms with van der Waals surface area (Å²) in [6, 6.07) is 16.6. The summed E-state index contributed by atoms with van der Waals surface area (Å²) >= 11 is 0. The van der Waals surface area contributed by atoms with Crippen LogP contribution in [-0.2, 0) is 37.3 Å². The van der Waals surface area contributed by atoms with Crippen molar-refractivity contribution < 1.29 is 51.1 Å². The van der Waals surface area contributed by atoms with E-state index in [-0.39, 0.29) is 62.1 Å². The Morgan fingerprint density at radius 3 is 2.61 bits per heavy atom. The number of nitrogens with one attached hydrogen (secondary N) is 1. The number of benzene rings is 3. The summed E-state index contributed by atoms with van der Waals surface area (Å²) in [6.45, 7) is 4.47. The number of rotatable bonds is 14. The minimum Gasteiger partial charge on any atom is -0.489 e. The van der Waals surface area contributed by atoms with Gasteiger partial charge in [-0.25, -0.2) is 17.6 Å². The van der Waals surface area contributed by atoms with E-state index < -0.39 is 40.7 Å². The molecule has 2 N–H and O–H groups in total. The number of aliphatic hydroxyl groups is 1. The first-order valence-corrected chi connectivity index (χ1v) is 17.7. The molecule has 0 aliphatic carbocycles. The predicted octanol–water partition coefficient (Wildman–Crippen LogP) is 4.24. The van der Waals surface area contributed by atoms with Crippen LogP contribution in [0, 0.1) is 17.7 Å². The Labute approximate surface area is 285 Å². The van der Waals surface area contributed by atoms with E-state index in [4.69, 9.17) is 28.4 Å². The Morgan fingerprint density at radius 2 is 1.84 bits per heavy atom. The zero-order valence-corrected chi connectivity index (χ0v) is 28.1. The molecule has 3 aromatic rings. The molecule has 5 atom stereocenters. The Morgan fingerprint density at radius 1 is 1.04 bits per heavy atom. The lowest BCUT2D eigenvalue weighted by Crippen LogP contribution is -2.53. The van der Waals surface area contributed by atoms with Crippen molar-refractivity contribution in [2.24, 2.45) is 11.8 Å². The lowest BCUT2D eigenvalue weighted by molar-refractivity contribution is -0.0907. The normalized spacial score (nSPS) is 21.1. The number of fused-ring (bicyclic) bond motifs is 2. The van der Waals surface area contributed by atoms with E-state index in [1.54, 1.807) is 42.5 Å². The SMILES string of the molecule is CC(C)CN(C(Cc1ccc(OCc2cccc(F)c2)cc1)[C@H](O)CNC(=O)O[C@H]1CO[C@H]2OCC[C@H]21)S(=O)(=O)c1ccc2c(c1)OCO2. The summed E-state index contributed by atoms with van der Waals surface area (Å²) in [4.78, 5) is 12.8. The van der Waals surface area contributed by atoms with Gasteiger partial charge in [0.2, 0.25) is 16.8 Å². The van der Waals surface area contributed by atoms with Crippen LogP contribution in [0.2, 0.25) is 0 Å². The van der Waals surface area contributed by atoms with E-state index in [1.165, 1.54) is 28.6 Å². The van der Waals surface area contributed by atoms with Gasteiger partial charge < -0.3 is 38.8 Å². The van der Waals surface area contributed by atoms with Crippen LogP contribution in [-0.4, -0.2) is 81.6 Å². The maximum atomic E-state index is 14.3. The fourth-order valence-corrected chi connectivity index (χ4v) is 8.01. The first kappa shape index (κ1) is 34.9. The molecule has 0 aromatic heterocycles. The Kier molecular flexibility index (Phi) is 10.9. The molecule has 3 heterocycles. The van der Waals surface area contributed by atoms with Gasteiger partial charge in [0.25, 0.3) is 0 Å². The first-order valence-electron chi connectivity index (χ1n) is 16.3. The number of amides is 1. The van der Waals surface area contributed by atoms with Crippen molar-refractivity contribution >= 4 is 16.1 Å². The van der Waals surface area contributed by atoms with Gasteiger partial charge in [-0.05, 0) is 66.3 Å². The van der Waals surface area contributed by atoms with Crippen molar-refractivity contribution in [3.05, 3.63) is 83.7 Å². The van der Waals surface area contributed by atoms with E-state index in [2.05, 4.69) is 5.32 Å². The summed E-state index contributed by atoms with van der Waals surface area (Å²) < 4.78 is 76.8. The van der Waals surface area contributed by atoms with Crippen LogP contribution in [0.1, 0.15) is 31.4 Å². The molecule has 0 bridgehead atoms. The molecule has 1 unspecified atom stereocenters. The van der Waals surface area contributed by atoms with Crippen LogP contribution in [0.5, 0.6) is 17.2 Å². The second-order valence-electron chi connectivity index (χ2n) is 12.7. The molecule has 0 radical (unpaired) electrons. The molecular formula is C35H41FN2O10S. The molecule has 2 fully saturated rings. The number of hydrogen-bond donors (Lipinski definition) is 2. The van der Waals surface area contributed by atoms with Gasteiger partial charge in [0.1, 0.15) is 24.3 Å². The molecule has 1 amide bonds. The molecule has 49 heavy (non-hydrogen) atoms. The van der Waals surface area contributed by atoms with Gasteiger partial charge >= 0.3 is 6.09 Å². The molecule has 12 nitrogen and oxygen atoms in total. The molecule has 0 spiro atoms. The van der Waals surface area contributed by atoms with Crippen LogP contribution >= 0.6 is 0 Å². The number of aliphatic hydroxyl groups excluding tert-OH is 1. The number of sulfonamides is 1. The predicted molar refractivity (Wildman–Crippen MR) is 174 cm³/mol. The molecular weight excluding hydrogens is 659 g/mol. The number of halogens is 1. The number of hydrogen-bond acceptors (Lipinski definition) is 10. The van der Waals surface area contributed by atoms with Crippen molar-refractivity contribution in [1.82, 2.24) is 9.62 Å². The Balaban J connectivity index is 1.21. The van der Waals surface area contributed by atoms with Crippen molar-refractivity contribution in [2.75, 3.05) is 33.1 Å². The summed E-state index contributed by atoms with van der Waals surface area (Å²) in [7, 11) is -4.19. The quantitative estimate of drug-likeness (QED) is 0.251. The summed E-state index contributed by atoms with van der Waals surface area (Å²) in [5, 5.41) is 14.3. The fraction of sp³-hybridized carbons (Fsp3) is 0.457. The summed E-state index contributed by atoms with van der Waals surface area (Å²) in [5.74, 6) is 0.766. The lowest BCUT2D eigenvalue weighted by Gasteiger charge is -2.35. The van der Waals surface area contributed by atoms with E-state index in [9.17, 15) is 22.7 Å². The zero-order chi connectivity index (χ0) is 34.5. The minimum absolute atomic E-state index is 0.0129. The van der Waals surface area contributed by atoms with Gasteiger partial charge in [0.05, 0.1) is 36.2 Å². The maximum absolute atomic E-state index is 14.3. The smallest absolute Gasteiger partial charge is 0.407 e. The number of alkyl carbamates (subject to hydrolysis) is 1. The zero-order valence-electron chi connectivity index (χ0n) is 27.3. The number of carbonyl (C=O) groups excluding carboxylic acids is 1.